The van der Waals surface area contributed by atoms with E-state index >= 15 is 0 Å². The molecule has 0 saturated heterocycles. The lowest BCUT2D eigenvalue weighted by atomic mass is 9.81. The third-order valence-electron chi connectivity index (χ3n) is 8.06. The Balaban J connectivity index is 1.64. The summed E-state index contributed by atoms with van der Waals surface area (Å²) in [5.74, 6) is -1.70. The minimum Gasteiger partial charge on any atom is -0.451 e. The number of nitrogens with zero attached hydrogens (tertiary/aromatic N) is 3. The summed E-state index contributed by atoms with van der Waals surface area (Å²) in [6.07, 6.45) is 3.24. The Hall–Kier alpha value is -3.40. The maximum Gasteiger partial charge on any atom is 0.326 e. The first-order valence-electron chi connectivity index (χ1n) is 14.1. The summed E-state index contributed by atoms with van der Waals surface area (Å²) >= 11 is 13.5. The van der Waals surface area contributed by atoms with Crippen LogP contribution in [0.15, 0.2) is 47.4 Å². The van der Waals surface area contributed by atoms with Crippen LogP contribution in [0.5, 0.6) is 5.75 Å². The standard InChI is InChI=1S/C31H34Cl2N4O5/c1-4-13-36-15-24(26-20-7-5-9-22(32)18(20)11-12-19-21(26)8-6-10-23(19)33)37-28(30(36)39)29(25(38)14-35-37)41-16-42-31(40)27(34)17(2)3/h5-10,14,17,24,26-27H,4,11-13,15-16,34H2,1-3H3/t24-,27-/m1/s1. The predicted molar refractivity (Wildman–Crippen MR) is 160 cm³/mol. The molecule has 3 aromatic rings. The molecule has 0 bridgehead atoms. The van der Waals surface area contributed by atoms with Crippen molar-refractivity contribution in [2.75, 3.05) is 19.9 Å². The van der Waals surface area contributed by atoms with Gasteiger partial charge >= 0.3 is 5.97 Å². The number of amides is 1. The van der Waals surface area contributed by atoms with E-state index in [-0.39, 0.29) is 29.2 Å². The molecule has 1 aliphatic carbocycles. The van der Waals surface area contributed by atoms with Gasteiger partial charge in [0.15, 0.2) is 5.69 Å². The van der Waals surface area contributed by atoms with E-state index in [1.54, 1.807) is 23.4 Å². The van der Waals surface area contributed by atoms with E-state index in [0.29, 0.717) is 42.4 Å². The van der Waals surface area contributed by atoms with Gasteiger partial charge in [-0.25, -0.2) is 0 Å². The average molecular weight is 614 g/mol. The zero-order chi connectivity index (χ0) is 30.1. The molecule has 222 valence electrons. The normalized spacial score (nSPS) is 17.3. The fourth-order valence-electron chi connectivity index (χ4n) is 5.89. The molecule has 42 heavy (non-hydrogen) atoms. The van der Waals surface area contributed by atoms with Crippen molar-refractivity contribution in [3.63, 3.8) is 0 Å². The molecule has 2 heterocycles. The second kappa shape index (κ2) is 12.5. The molecule has 0 spiro atoms. The number of carbonyl (C=O) groups is 2. The number of halogens is 2. The van der Waals surface area contributed by atoms with E-state index in [9.17, 15) is 14.4 Å². The van der Waals surface area contributed by atoms with Crippen molar-refractivity contribution >= 4 is 35.1 Å². The highest BCUT2D eigenvalue weighted by Gasteiger charge is 2.42. The molecular formula is C31H34Cl2N4O5. The van der Waals surface area contributed by atoms with Crippen LogP contribution in [0.3, 0.4) is 0 Å². The summed E-state index contributed by atoms with van der Waals surface area (Å²) in [6.45, 7) is 5.81. The molecule has 11 heteroatoms. The Bertz CT molecular complexity index is 1520. The van der Waals surface area contributed by atoms with Gasteiger partial charge in [0.05, 0.1) is 12.2 Å². The number of rotatable bonds is 8. The first-order chi connectivity index (χ1) is 20.1. The van der Waals surface area contributed by atoms with Crippen LogP contribution in [0, 0.1) is 5.92 Å². The lowest BCUT2D eigenvalue weighted by Gasteiger charge is -2.40. The molecule has 0 radical (unpaired) electrons. The zero-order valence-electron chi connectivity index (χ0n) is 23.8. The minimum absolute atomic E-state index is 0.00723. The van der Waals surface area contributed by atoms with Crippen molar-refractivity contribution in [2.45, 2.75) is 58.0 Å². The SMILES string of the molecule is CCCN1C[C@H](C2c3cccc(Cl)c3CCc3c(Cl)cccc32)n2ncc(=O)c(OCOC(=O)[C@H](N)C(C)C)c2C1=O. The van der Waals surface area contributed by atoms with Gasteiger partial charge in [-0.3, -0.25) is 19.1 Å². The molecule has 2 N–H and O–H groups in total. The number of fused-ring (bicyclic) bond motifs is 3. The van der Waals surface area contributed by atoms with E-state index in [1.807, 2.05) is 31.2 Å². The molecule has 0 fully saturated rings. The molecule has 2 atom stereocenters. The van der Waals surface area contributed by atoms with Crippen LogP contribution in [0.4, 0.5) is 0 Å². The molecule has 1 aliphatic heterocycles. The number of aromatic nitrogens is 2. The van der Waals surface area contributed by atoms with Gasteiger partial charge in [0.1, 0.15) is 6.04 Å². The molecule has 0 unspecified atom stereocenters. The van der Waals surface area contributed by atoms with Crippen molar-refractivity contribution < 1.29 is 19.1 Å². The van der Waals surface area contributed by atoms with Crippen molar-refractivity contribution in [3.05, 3.63) is 90.8 Å². The largest absolute Gasteiger partial charge is 0.451 e. The van der Waals surface area contributed by atoms with Gasteiger partial charge in [-0.15, -0.1) is 0 Å². The monoisotopic (exact) mass is 612 g/mol. The summed E-state index contributed by atoms with van der Waals surface area (Å²) < 4.78 is 12.5. The van der Waals surface area contributed by atoms with E-state index in [2.05, 4.69) is 17.2 Å². The lowest BCUT2D eigenvalue weighted by Crippen LogP contribution is -2.47. The van der Waals surface area contributed by atoms with Gasteiger partial charge in [-0.2, -0.15) is 5.10 Å². The second-order valence-electron chi connectivity index (χ2n) is 11.0. The summed E-state index contributed by atoms with van der Waals surface area (Å²) in [4.78, 5) is 40.9. The molecule has 9 nitrogen and oxygen atoms in total. The van der Waals surface area contributed by atoms with Gasteiger partial charge < -0.3 is 20.1 Å². The number of benzene rings is 2. The molecule has 1 amide bonds. The summed E-state index contributed by atoms with van der Waals surface area (Å²) in [7, 11) is 0. The fraction of sp³-hybridized carbons (Fsp3) is 0.419. The van der Waals surface area contributed by atoms with Crippen molar-refractivity contribution in [3.8, 4) is 5.75 Å². The van der Waals surface area contributed by atoms with Crippen LogP contribution in [0.25, 0.3) is 0 Å². The molecule has 5 rings (SSSR count). The van der Waals surface area contributed by atoms with Gasteiger partial charge in [-0.1, -0.05) is 68.2 Å². The Labute approximate surface area is 254 Å². The lowest BCUT2D eigenvalue weighted by molar-refractivity contribution is -0.152. The van der Waals surface area contributed by atoms with Crippen LogP contribution in [0.1, 0.15) is 71.9 Å². The van der Waals surface area contributed by atoms with Crippen LogP contribution >= 0.6 is 23.2 Å². The van der Waals surface area contributed by atoms with E-state index in [4.69, 9.17) is 38.4 Å². The number of hydrogen-bond donors (Lipinski definition) is 1. The number of ether oxygens (including phenoxy) is 2. The highest BCUT2D eigenvalue weighted by Crippen LogP contribution is 2.46. The Morgan fingerprint density at radius 1 is 1.07 bits per heavy atom. The predicted octanol–water partition coefficient (Wildman–Crippen LogP) is 4.75. The minimum atomic E-state index is -0.846. The van der Waals surface area contributed by atoms with Gasteiger partial charge in [0.2, 0.25) is 18.0 Å². The molecular weight excluding hydrogens is 579 g/mol. The summed E-state index contributed by atoms with van der Waals surface area (Å²) in [5, 5.41) is 5.81. The Morgan fingerprint density at radius 3 is 2.26 bits per heavy atom. The van der Waals surface area contributed by atoms with Crippen molar-refractivity contribution in [1.29, 1.82) is 0 Å². The van der Waals surface area contributed by atoms with Crippen LogP contribution in [-0.2, 0) is 22.4 Å². The number of esters is 1. The number of carbonyl (C=O) groups excluding carboxylic acids is 2. The Morgan fingerprint density at radius 2 is 1.69 bits per heavy atom. The van der Waals surface area contributed by atoms with Gasteiger partial charge in [-0.05, 0) is 59.6 Å². The Kier molecular flexibility index (Phi) is 8.92. The first-order valence-corrected chi connectivity index (χ1v) is 14.9. The number of nitrogens with two attached hydrogens (primary N) is 1. The zero-order valence-corrected chi connectivity index (χ0v) is 25.3. The van der Waals surface area contributed by atoms with Gasteiger partial charge in [0.25, 0.3) is 5.91 Å². The molecule has 2 aromatic carbocycles. The topological polar surface area (TPSA) is 117 Å². The highest BCUT2D eigenvalue weighted by atomic mass is 35.5. The first kappa shape index (κ1) is 30.1. The quantitative estimate of drug-likeness (QED) is 0.288. The van der Waals surface area contributed by atoms with Crippen LogP contribution < -0.4 is 15.9 Å². The molecule has 2 aliphatic rings. The molecule has 0 saturated carbocycles. The average Bonchev–Trinajstić information content (AvgIpc) is 3.13. The summed E-state index contributed by atoms with van der Waals surface area (Å²) in [6, 6.07) is 10.4. The van der Waals surface area contributed by atoms with Crippen LogP contribution in [-0.4, -0.2) is 52.5 Å². The second-order valence-corrected chi connectivity index (χ2v) is 11.9. The maximum absolute atomic E-state index is 13.8. The summed E-state index contributed by atoms with van der Waals surface area (Å²) in [5.41, 5.74) is 9.36. The van der Waals surface area contributed by atoms with Crippen molar-refractivity contribution in [2.24, 2.45) is 11.7 Å². The number of hydrogen-bond acceptors (Lipinski definition) is 7. The maximum atomic E-state index is 13.8. The van der Waals surface area contributed by atoms with Gasteiger partial charge in [0, 0.05) is 29.1 Å². The fourth-order valence-corrected chi connectivity index (χ4v) is 6.44. The third kappa shape index (κ3) is 5.53. The smallest absolute Gasteiger partial charge is 0.326 e. The van der Waals surface area contributed by atoms with E-state index in [0.717, 1.165) is 28.5 Å². The van der Waals surface area contributed by atoms with Crippen LogP contribution in [0.2, 0.25) is 10.0 Å². The molecule has 1 aromatic heterocycles. The highest BCUT2D eigenvalue weighted by molar-refractivity contribution is 6.32. The van der Waals surface area contributed by atoms with E-state index < -0.39 is 30.3 Å². The van der Waals surface area contributed by atoms with E-state index in [1.165, 1.54) is 0 Å². The third-order valence-corrected chi connectivity index (χ3v) is 8.77. The van der Waals surface area contributed by atoms with Crippen molar-refractivity contribution in [1.82, 2.24) is 14.7 Å².